The zero-order chi connectivity index (χ0) is 15.8. The van der Waals surface area contributed by atoms with Crippen LogP contribution in [0.25, 0.3) is 0 Å². The van der Waals surface area contributed by atoms with E-state index in [1.807, 2.05) is 0 Å². The second-order valence-electron chi connectivity index (χ2n) is 4.40. The first-order chi connectivity index (χ1) is 9.93. The Morgan fingerprint density at radius 1 is 1.33 bits per heavy atom. The monoisotopic (exact) mass is 301 g/mol. The Morgan fingerprint density at radius 3 is 2.57 bits per heavy atom. The molecule has 0 saturated heterocycles. The Kier molecular flexibility index (Phi) is 6.58. The average Bonchev–Trinajstić information content (AvgIpc) is 2.44. The van der Waals surface area contributed by atoms with Crippen molar-refractivity contribution in [3.8, 4) is 5.75 Å². The van der Waals surface area contributed by atoms with Gasteiger partial charge in [0.25, 0.3) is 0 Å². The normalized spacial score (nSPS) is 12.0. The smallest absolute Gasteiger partial charge is 0.326 e. The summed E-state index contributed by atoms with van der Waals surface area (Å²) in [5, 5.41) is 10.9. The molecule has 1 rings (SSSR count). The first-order valence-electron chi connectivity index (χ1n) is 6.36. The number of para-hydroxylation sites is 1. The molecule has 116 valence electrons. The third-order valence-electron chi connectivity index (χ3n) is 2.86. The number of alkyl halides is 2. The van der Waals surface area contributed by atoms with Crippen LogP contribution >= 0.6 is 0 Å². The molecule has 0 spiro atoms. The van der Waals surface area contributed by atoms with Crippen molar-refractivity contribution >= 4 is 11.9 Å². The van der Waals surface area contributed by atoms with Crippen LogP contribution in [0.15, 0.2) is 24.3 Å². The van der Waals surface area contributed by atoms with Crippen LogP contribution < -0.4 is 10.1 Å². The molecule has 7 heteroatoms. The number of methoxy groups -OCH3 is 1. The topological polar surface area (TPSA) is 75.6 Å². The number of aliphatic carboxylic acids is 1. The highest BCUT2D eigenvalue weighted by Crippen LogP contribution is 2.18. The summed E-state index contributed by atoms with van der Waals surface area (Å²) in [6.07, 6.45) is -3.37. The van der Waals surface area contributed by atoms with Crippen molar-refractivity contribution in [2.24, 2.45) is 0 Å². The van der Waals surface area contributed by atoms with Crippen LogP contribution in [0.4, 0.5) is 8.78 Å². The summed E-state index contributed by atoms with van der Waals surface area (Å²) in [5.74, 6) is -1.44. The van der Waals surface area contributed by atoms with Gasteiger partial charge in [-0.1, -0.05) is 18.2 Å². The quantitative estimate of drug-likeness (QED) is 0.768. The Labute approximate surface area is 120 Å². The summed E-state index contributed by atoms with van der Waals surface area (Å²) >= 11 is 0. The lowest BCUT2D eigenvalue weighted by atomic mass is 10.1. The molecule has 21 heavy (non-hydrogen) atoms. The summed E-state index contributed by atoms with van der Waals surface area (Å²) in [7, 11) is 1.50. The van der Waals surface area contributed by atoms with E-state index in [1.54, 1.807) is 24.3 Å². The van der Waals surface area contributed by atoms with Crippen molar-refractivity contribution < 1.29 is 28.2 Å². The number of carbonyl (C=O) groups is 2. The number of hydrogen-bond donors (Lipinski definition) is 2. The number of aryl methyl sites for hydroxylation is 1. The molecule has 0 aliphatic rings. The number of carboxylic acids is 1. The summed E-state index contributed by atoms with van der Waals surface area (Å²) < 4.78 is 29.6. The van der Waals surface area contributed by atoms with E-state index in [-0.39, 0.29) is 6.42 Å². The molecule has 2 N–H and O–H groups in total. The standard InChI is InChI=1S/C14H17F2NO4/c1-21-11-5-3-2-4-9(11)6-7-13(18)17-10(14(19)20)8-12(15)16/h2-5,10,12H,6-8H2,1H3,(H,17,18)(H,19,20). The fourth-order valence-electron chi connectivity index (χ4n) is 1.82. The number of nitrogens with one attached hydrogen (secondary N) is 1. The molecule has 0 saturated carbocycles. The van der Waals surface area contributed by atoms with Crippen LogP contribution in [-0.4, -0.2) is 36.6 Å². The highest BCUT2D eigenvalue weighted by molar-refractivity contribution is 5.83. The number of rotatable bonds is 8. The van der Waals surface area contributed by atoms with Gasteiger partial charge in [-0.3, -0.25) is 4.79 Å². The number of amides is 1. The minimum Gasteiger partial charge on any atom is -0.496 e. The van der Waals surface area contributed by atoms with Gasteiger partial charge in [-0.2, -0.15) is 0 Å². The molecule has 0 fully saturated rings. The minimum atomic E-state index is -2.79. The lowest BCUT2D eigenvalue weighted by molar-refractivity contribution is -0.143. The van der Waals surface area contributed by atoms with Gasteiger partial charge in [-0.05, 0) is 18.1 Å². The Balaban J connectivity index is 2.54. The van der Waals surface area contributed by atoms with Crippen LogP contribution in [0.2, 0.25) is 0 Å². The lowest BCUT2D eigenvalue weighted by Crippen LogP contribution is -2.42. The fraction of sp³-hybridized carbons (Fsp3) is 0.429. The maximum Gasteiger partial charge on any atom is 0.326 e. The fourth-order valence-corrected chi connectivity index (χ4v) is 1.82. The van der Waals surface area contributed by atoms with E-state index >= 15 is 0 Å². The predicted molar refractivity (Wildman–Crippen MR) is 71.5 cm³/mol. The Hall–Kier alpha value is -2.18. The molecule has 1 aromatic rings. The Bertz CT molecular complexity index is 494. The molecular weight excluding hydrogens is 284 g/mol. The number of halogens is 2. The summed E-state index contributed by atoms with van der Waals surface area (Å²) in [6, 6.07) is 5.51. The third kappa shape index (κ3) is 5.76. The van der Waals surface area contributed by atoms with Gasteiger partial charge in [-0.25, -0.2) is 13.6 Å². The number of hydrogen-bond acceptors (Lipinski definition) is 3. The molecule has 0 aliphatic heterocycles. The lowest BCUT2D eigenvalue weighted by Gasteiger charge is -2.14. The maximum absolute atomic E-state index is 12.2. The molecule has 0 aliphatic carbocycles. The van der Waals surface area contributed by atoms with E-state index in [4.69, 9.17) is 9.84 Å². The number of carbonyl (C=O) groups excluding carboxylic acids is 1. The predicted octanol–water partition coefficient (Wildman–Crippen LogP) is 1.85. The van der Waals surface area contributed by atoms with Crippen LogP contribution in [0.3, 0.4) is 0 Å². The van der Waals surface area contributed by atoms with Crippen molar-refractivity contribution in [1.29, 1.82) is 0 Å². The van der Waals surface area contributed by atoms with Crippen molar-refractivity contribution in [2.45, 2.75) is 31.7 Å². The number of benzene rings is 1. The van der Waals surface area contributed by atoms with E-state index in [9.17, 15) is 18.4 Å². The SMILES string of the molecule is COc1ccccc1CCC(=O)NC(CC(F)F)C(=O)O. The van der Waals surface area contributed by atoms with Gasteiger partial charge >= 0.3 is 5.97 Å². The molecule has 0 heterocycles. The molecule has 0 radical (unpaired) electrons. The molecular formula is C14H17F2NO4. The van der Waals surface area contributed by atoms with E-state index in [1.165, 1.54) is 7.11 Å². The first-order valence-corrected chi connectivity index (χ1v) is 6.36. The van der Waals surface area contributed by atoms with Crippen LogP contribution in [0, 0.1) is 0 Å². The largest absolute Gasteiger partial charge is 0.496 e. The highest BCUT2D eigenvalue weighted by atomic mass is 19.3. The number of ether oxygens (including phenoxy) is 1. The third-order valence-corrected chi connectivity index (χ3v) is 2.86. The van der Waals surface area contributed by atoms with Crippen LogP contribution in [0.5, 0.6) is 5.75 Å². The molecule has 0 bridgehead atoms. The van der Waals surface area contributed by atoms with Crippen molar-refractivity contribution in [3.05, 3.63) is 29.8 Å². The first kappa shape index (κ1) is 16.9. The minimum absolute atomic E-state index is 0.00656. The highest BCUT2D eigenvalue weighted by Gasteiger charge is 2.23. The molecule has 0 aromatic heterocycles. The van der Waals surface area contributed by atoms with Crippen molar-refractivity contribution in [2.75, 3.05) is 7.11 Å². The zero-order valence-electron chi connectivity index (χ0n) is 11.5. The van der Waals surface area contributed by atoms with Crippen LogP contribution in [-0.2, 0) is 16.0 Å². The molecule has 1 unspecified atom stereocenters. The number of carboxylic acid groups (broad SMARTS) is 1. The Morgan fingerprint density at radius 2 is 2.00 bits per heavy atom. The molecule has 5 nitrogen and oxygen atoms in total. The van der Waals surface area contributed by atoms with E-state index in [0.717, 1.165) is 5.56 Å². The zero-order valence-corrected chi connectivity index (χ0v) is 11.5. The average molecular weight is 301 g/mol. The summed E-state index contributed by atoms with van der Waals surface area (Å²) in [5.41, 5.74) is 0.788. The summed E-state index contributed by atoms with van der Waals surface area (Å²) in [6.45, 7) is 0. The van der Waals surface area contributed by atoms with Crippen molar-refractivity contribution in [3.63, 3.8) is 0 Å². The molecule has 1 aromatic carbocycles. The van der Waals surface area contributed by atoms with E-state index in [2.05, 4.69) is 5.32 Å². The van der Waals surface area contributed by atoms with Gasteiger partial charge in [0.15, 0.2) is 0 Å². The maximum atomic E-state index is 12.2. The van der Waals surface area contributed by atoms with Gasteiger partial charge < -0.3 is 15.2 Å². The van der Waals surface area contributed by atoms with Gasteiger partial charge in [0.1, 0.15) is 11.8 Å². The van der Waals surface area contributed by atoms with Gasteiger partial charge in [-0.15, -0.1) is 0 Å². The van der Waals surface area contributed by atoms with Gasteiger partial charge in [0, 0.05) is 12.8 Å². The van der Waals surface area contributed by atoms with Gasteiger partial charge in [0.2, 0.25) is 12.3 Å². The van der Waals surface area contributed by atoms with Crippen LogP contribution in [0.1, 0.15) is 18.4 Å². The summed E-state index contributed by atoms with van der Waals surface area (Å²) in [4.78, 5) is 22.4. The second-order valence-corrected chi connectivity index (χ2v) is 4.40. The molecule has 1 atom stereocenters. The second kappa shape index (κ2) is 8.18. The van der Waals surface area contributed by atoms with E-state index < -0.39 is 30.8 Å². The molecule has 1 amide bonds. The van der Waals surface area contributed by atoms with Gasteiger partial charge in [0.05, 0.1) is 7.11 Å². The van der Waals surface area contributed by atoms with Crippen molar-refractivity contribution in [1.82, 2.24) is 5.32 Å². The van der Waals surface area contributed by atoms with E-state index in [0.29, 0.717) is 12.2 Å².